The Bertz CT molecular complexity index is 1450. The van der Waals surface area contributed by atoms with Crippen LogP contribution in [0.1, 0.15) is 63.5 Å². The van der Waals surface area contributed by atoms with Crippen LogP contribution in [0, 0.1) is 6.92 Å². The Morgan fingerprint density at radius 1 is 0.907 bits per heavy atom. The highest BCUT2D eigenvalue weighted by Crippen LogP contribution is 2.26. The Labute approximate surface area is 256 Å². The predicted octanol–water partition coefficient (Wildman–Crippen LogP) is 5.85. The fourth-order valence-electron chi connectivity index (χ4n) is 5.56. The largest absolute Gasteiger partial charge is 0.494 e. The Balaban J connectivity index is 1.68. The molecule has 8 nitrogen and oxygen atoms in total. The van der Waals surface area contributed by atoms with Gasteiger partial charge in [-0.05, 0) is 80.6 Å². The topological polar surface area (TPSA) is 96.0 Å². The lowest BCUT2D eigenvalue weighted by Crippen LogP contribution is -2.54. The average Bonchev–Trinajstić information content (AvgIpc) is 3.02. The second-order valence-corrected chi connectivity index (χ2v) is 12.8. The van der Waals surface area contributed by atoms with Crippen molar-refractivity contribution in [3.63, 3.8) is 0 Å². The van der Waals surface area contributed by atoms with E-state index in [2.05, 4.69) is 5.32 Å². The first-order chi connectivity index (χ1) is 20.7. The van der Waals surface area contributed by atoms with Crippen LogP contribution < -0.4 is 14.4 Å². The van der Waals surface area contributed by atoms with Crippen LogP contribution in [0.3, 0.4) is 0 Å². The summed E-state index contributed by atoms with van der Waals surface area (Å²) in [5.74, 6) is -0.0906. The van der Waals surface area contributed by atoms with E-state index in [9.17, 15) is 18.0 Å². The summed E-state index contributed by atoms with van der Waals surface area (Å²) in [6, 6.07) is 21.8. The number of amides is 2. The Hall–Kier alpha value is -3.85. The molecule has 0 saturated heterocycles. The van der Waals surface area contributed by atoms with Crippen molar-refractivity contribution in [2.45, 2.75) is 82.8 Å². The van der Waals surface area contributed by atoms with E-state index in [0.717, 1.165) is 41.1 Å². The van der Waals surface area contributed by atoms with Crippen LogP contribution in [0.4, 0.5) is 5.69 Å². The second-order valence-electron chi connectivity index (χ2n) is 11.0. The second kappa shape index (κ2) is 15.0. The standard InChI is InChI=1S/C34H43N3O5S/c1-4-32(34(39)35-28-16-8-6-9-17-28)36(24-27-15-13-12-14-26(27)3)33(38)25-37(29-18-10-7-11-19-29)43(40,41)31-22-20-30(21-23-31)42-5-2/h7,10-15,18-23,28,32H,4-6,8-9,16-17,24-25H2,1-3H3,(H,35,39). The number of nitrogens with one attached hydrogen (secondary N) is 1. The first-order valence-electron chi connectivity index (χ1n) is 15.2. The molecule has 1 fully saturated rings. The van der Waals surface area contributed by atoms with Crippen molar-refractivity contribution in [2.75, 3.05) is 17.5 Å². The molecule has 0 bridgehead atoms. The minimum absolute atomic E-state index is 0.0418. The van der Waals surface area contributed by atoms with Gasteiger partial charge in [0.1, 0.15) is 18.3 Å². The fourth-order valence-corrected chi connectivity index (χ4v) is 6.97. The number of para-hydroxylation sites is 1. The molecule has 2 amide bonds. The lowest BCUT2D eigenvalue weighted by Gasteiger charge is -2.34. The van der Waals surface area contributed by atoms with E-state index in [1.54, 1.807) is 47.4 Å². The number of anilines is 1. The van der Waals surface area contributed by atoms with Gasteiger partial charge in [0.05, 0.1) is 17.2 Å². The maximum atomic E-state index is 14.3. The predicted molar refractivity (Wildman–Crippen MR) is 169 cm³/mol. The Morgan fingerprint density at radius 2 is 1.56 bits per heavy atom. The molecule has 1 N–H and O–H groups in total. The van der Waals surface area contributed by atoms with Crippen molar-refractivity contribution in [3.8, 4) is 5.75 Å². The van der Waals surface area contributed by atoms with Crippen molar-refractivity contribution in [2.24, 2.45) is 0 Å². The third-order valence-corrected chi connectivity index (χ3v) is 9.77. The maximum Gasteiger partial charge on any atom is 0.264 e. The van der Waals surface area contributed by atoms with Crippen LogP contribution in [0.2, 0.25) is 0 Å². The molecular weight excluding hydrogens is 562 g/mol. The van der Waals surface area contributed by atoms with Crippen LogP contribution in [0.15, 0.2) is 83.8 Å². The summed E-state index contributed by atoms with van der Waals surface area (Å²) in [7, 11) is -4.14. The van der Waals surface area contributed by atoms with Crippen LogP contribution in [0.25, 0.3) is 0 Å². The van der Waals surface area contributed by atoms with Gasteiger partial charge in [-0.2, -0.15) is 0 Å². The minimum Gasteiger partial charge on any atom is -0.494 e. The minimum atomic E-state index is -4.14. The zero-order valence-corrected chi connectivity index (χ0v) is 26.2. The van der Waals surface area contributed by atoms with Gasteiger partial charge >= 0.3 is 0 Å². The summed E-state index contributed by atoms with van der Waals surface area (Å²) >= 11 is 0. The lowest BCUT2D eigenvalue weighted by atomic mass is 9.95. The van der Waals surface area contributed by atoms with Gasteiger partial charge in [-0.3, -0.25) is 13.9 Å². The molecule has 1 unspecified atom stereocenters. The van der Waals surface area contributed by atoms with E-state index in [-0.39, 0.29) is 23.4 Å². The molecule has 3 aromatic carbocycles. The number of ether oxygens (including phenoxy) is 1. The molecule has 1 saturated carbocycles. The molecule has 0 radical (unpaired) electrons. The average molecular weight is 606 g/mol. The smallest absolute Gasteiger partial charge is 0.264 e. The summed E-state index contributed by atoms with van der Waals surface area (Å²) in [4.78, 5) is 29.5. The number of carbonyl (C=O) groups is 2. The number of sulfonamides is 1. The van der Waals surface area contributed by atoms with Crippen LogP contribution >= 0.6 is 0 Å². The molecule has 4 rings (SSSR count). The highest BCUT2D eigenvalue weighted by Gasteiger charge is 2.34. The van der Waals surface area contributed by atoms with Crippen molar-refractivity contribution < 1.29 is 22.7 Å². The van der Waals surface area contributed by atoms with E-state index >= 15 is 0 Å². The summed E-state index contributed by atoms with van der Waals surface area (Å²) in [5, 5.41) is 3.19. The molecule has 1 aliphatic rings. The fraction of sp³-hybridized carbons (Fsp3) is 0.412. The molecule has 0 heterocycles. The van der Waals surface area contributed by atoms with Crippen LogP contribution in [-0.2, 0) is 26.2 Å². The molecule has 0 spiro atoms. The highest BCUT2D eigenvalue weighted by molar-refractivity contribution is 7.92. The number of hydrogen-bond donors (Lipinski definition) is 1. The maximum absolute atomic E-state index is 14.3. The normalized spacial score (nSPS) is 14.5. The zero-order valence-electron chi connectivity index (χ0n) is 25.4. The molecule has 230 valence electrons. The molecule has 1 aliphatic carbocycles. The van der Waals surface area contributed by atoms with Gasteiger partial charge in [0.25, 0.3) is 10.0 Å². The summed E-state index contributed by atoms with van der Waals surface area (Å²) in [6.07, 6.45) is 5.56. The molecule has 43 heavy (non-hydrogen) atoms. The van der Waals surface area contributed by atoms with Gasteiger partial charge in [0.2, 0.25) is 11.8 Å². The lowest BCUT2D eigenvalue weighted by molar-refractivity contribution is -0.140. The number of carbonyl (C=O) groups excluding carboxylic acids is 2. The molecular formula is C34H43N3O5S. The van der Waals surface area contributed by atoms with E-state index in [1.165, 1.54) is 18.6 Å². The molecule has 0 aromatic heterocycles. The van der Waals surface area contributed by atoms with Crippen molar-refractivity contribution in [3.05, 3.63) is 90.0 Å². The number of aryl methyl sites for hydroxylation is 1. The number of rotatable bonds is 13. The van der Waals surface area contributed by atoms with Gasteiger partial charge < -0.3 is 15.0 Å². The van der Waals surface area contributed by atoms with Crippen LogP contribution in [-0.4, -0.2) is 50.4 Å². The van der Waals surface area contributed by atoms with Gasteiger partial charge in [0, 0.05) is 12.6 Å². The summed E-state index contributed by atoms with van der Waals surface area (Å²) in [5.41, 5.74) is 2.26. The molecule has 0 aliphatic heterocycles. The molecule has 9 heteroatoms. The third-order valence-electron chi connectivity index (χ3n) is 7.99. The van der Waals surface area contributed by atoms with E-state index in [0.29, 0.717) is 24.5 Å². The van der Waals surface area contributed by atoms with Gasteiger partial charge in [-0.25, -0.2) is 8.42 Å². The molecule has 1 atom stereocenters. The Morgan fingerprint density at radius 3 is 2.19 bits per heavy atom. The van der Waals surface area contributed by atoms with E-state index < -0.39 is 28.5 Å². The number of benzene rings is 3. The van der Waals surface area contributed by atoms with Gasteiger partial charge in [0.15, 0.2) is 0 Å². The quantitative estimate of drug-likeness (QED) is 0.264. The van der Waals surface area contributed by atoms with Gasteiger partial charge in [-0.1, -0.05) is 68.7 Å². The van der Waals surface area contributed by atoms with E-state index in [4.69, 9.17) is 4.74 Å². The number of hydrogen-bond acceptors (Lipinski definition) is 5. The number of nitrogens with zero attached hydrogens (tertiary/aromatic N) is 2. The summed E-state index contributed by atoms with van der Waals surface area (Å²) in [6.45, 7) is 5.89. The van der Waals surface area contributed by atoms with Crippen molar-refractivity contribution in [1.29, 1.82) is 0 Å². The first kappa shape index (κ1) is 32.1. The van der Waals surface area contributed by atoms with Crippen molar-refractivity contribution >= 4 is 27.5 Å². The summed E-state index contributed by atoms with van der Waals surface area (Å²) < 4.78 is 34.7. The van der Waals surface area contributed by atoms with Crippen molar-refractivity contribution in [1.82, 2.24) is 10.2 Å². The third kappa shape index (κ3) is 8.16. The highest BCUT2D eigenvalue weighted by atomic mass is 32.2. The SMILES string of the molecule is CCOc1ccc(S(=O)(=O)N(CC(=O)N(Cc2ccccc2C)C(CC)C(=O)NC2CCCCC2)c2ccccc2)cc1. The Kier molecular flexibility index (Phi) is 11.2. The van der Waals surface area contributed by atoms with E-state index in [1.807, 2.05) is 45.0 Å². The molecule has 3 aromatic rings. The zero-order chi connectivity index (χ0) is 30.8. The van der Waals surface area contributed by atoms with Gasteiger partial charge in [-0.15, -0.1) is 0 Å². The van der Waals surface area contributed by atoms with Crippen LogP contribution in [0.5, 0.6) is 5.75 Å². The monoisotopic (exact) mass is 605 g/mol. The first-order valence-corrected chi connectivity index (χ1v) is 16.6.